The maximum atomic E-state index is 13.9. The molecule has 0 saturated heterocycles. The van der Waals surface area contributed by atoms with Crippen molar-refractivity contribution in [2.75, 3.05) is 13.6 Å². The summed E-state index contributed by atoms with van der Waals surface area (Å²) in [4.78, 5) is 29.7. The number of imidazole rings is 1. The van der Waals surface area contributed by atoms with Crippen molar-refractivity contribution in [3.63, 3.8) is 0 Å². The third-order valence-electron chi connectivity index (χ3n) is 7.02. The number of carbonyl (C=O) groups excluding carboxylic acids is 1. The van der Waals surface area contributed by atoms with Crippen LogP contribution in [0.1, 0.15) is 23.7 Å². The lowest BCUT2D eigenvalue weighted by Gasteiger charge is -2.22. The molecule has 0 radical (unpaired) electrons. The SMILES string of the molecule is Cc1c(-c2ccnn2-c2ccc(C#N)cc2)n(C(=O)NC(C)C2=CCN(C)C=C2)c(=O)n1-c1cccc(C(F)(F)F)c1. The number of aromatic nitrogens is 4. The van der Waals surface area contributed by atoms with Crippen LogP contribution in [0, 0.1) is 18.3 Å². The lowest BCUT2D eigenvalue weighted by atomic mass is 10.1. The monoisotopic (exact) mass is 573 g/mol. The highest BCUT2D eigenvalue weighted by Gasteiger charge is 2.32. The molecule has 2 aromatic carbocycles. The maximum Gasteiger partial charge on any atom is 0.416 e. The molecule has 3 heterocycles. The Hall–Kier alpha value is -5.31. The second-order valence-electron chi connectivity index (χ2n) is 9.85. The summed E-state index contributed by atoms with van der Waals surface area (Å²) in [5, 5.41) is 16.4. The van der Waals surface area contributed by atoms with Crippen LogP contribution >= 0.6 is 0 Å². The highest BCUT2D eigenvalue weighted by Crippen LogP contribution is 2.32. The zero-order valence-electron chi connectivity index (χ0n) is 22.9. The Morgan fingerprint density at radius 2 is 1.86 bits per heavy atom. The normalized spacial score (nSPS) is 13.9. The molecule has 1 unspecified atom stereocenters. The zero-order chi connectivity index (χ0) is 30.2. The van der Waals surface area contributed by atoms with E-state index in [1.807, 2.05) is 36.4 Å². The highest BCUT2D eigenvalue weighted by molar-refractivity contribution is 5.84. The van der Waals surface area contributed by atoms with Gasteiger partial charge in [-0.2, -0.15) is 23.5 Å². The van der Waals surface area contributed by atoms with Crippen LogP contribution in [0.15, 0.2) is 89.5 Å². The molecule has 5 rings (SSSR count). The minimum Gasteiger partial charge on any atom is -0.377 e. The van der Waals surface area contributed by atoms with E-state index >= 15 is 0 Å². The van der Waals surface area contributed by atoms with E-state index in [4.69, 9.17) is 0 Å². The summed E-state index contributed by atoms with van der Waals surface area (Å²) in [6.07, 6.45) is 2.54. The van der Waals surface area contributed by atoms with Crippen LogP contribution in [0.2, 0.25) is 0 Å². The molecule has 1 atom stereocenters. The summed E-state index contributed by atoms with van der Waals surface area (Å²) >= 11 is 0. The fourth-order valence-electron chi connectivity index (χ4n) is 4.83. The van der Waals surface area contributed by atoms with Gasteiger partial charge in [0.1, 0.15) is 5.69 Å². The van der Waals surface area contributed by atoms with Crippen LogP contribution in [0.5, 0.6) is 0 Å². The summed E-state index contributed by atoms with van der Waals surface area (Å²) < 4.78 is 44.2. The lowest BCUT2D eigenvalue weighted by molar-refractivity contribution is -0.137. The van der Waals surface area contributed by atoms with Crippen LogP contribution in [0.3, 0.4) is 0 Å². The Labute approximate surface area is 239 Å². The van der Waals surface area contributed by atoms with Gasteiger partial charge in [-0.15, -0.1) is 0 Å². The first-order valence-corrected chi connectivity index (χ1v) is 13.0. The van der Waals surface area contributed by atoms with E-state index in [2.05, 4.69) is 10.4 Å². The number of nitrogens with zero attached hydrogens (tertiary/aromatic N) is 6. The molecule has 0 fully saturated rings. The van der Waals surface area contributed by atoms with E-state index in [-0.39, 0.29) is 17.1 Å². The molecule has 0 aliphatic carbocycles. The number of likely N-dealkylation sites (N-methyl/N-ethyl adjacent to an activating group) is 1. The first-order valence-electron chi connectivity index (χ1n) is 13.0. The molecule has 0 saturated carbocycles. The first kappa shape index (κ1) is 28.2. The summed E-state index contributed by atoms with van der Waals surface area (Å²) in [5.41, 5.74) is 0.742. The maximum absolute atomic E-state index is 13.9. The number of hydrogen-bond acceptors (Lipinski definition) is 5. The molecule has 214 valence electrons. The molecule has 1 aliphatic heterocycles. The third-order valence-corrected chi connectivity index (χ3v) is 7.02. The summed E-state index contributed by atoms with van der Waals surface area (Å²) in [6.45, 7) is 3.98. The van der Waals surface area contributed by atoms with E-state index < -0.39 is 29.5 Å². The molecule has 2 aromatic heterocycles. The fraction of sp³-hybridized carbons (Fsp3) is 0.200. The van der Waals surface area contributed by atoms with Crippen LogP contribution in [-0.2, 0) is 6.18 Å². The van der Waals surface area contributed by atoms with Crippen molar-refractivity contribution in [1.82, 2.24) is 29.1 Å². The number of amides is 1. The fourth-order valence-corrected chi connectivity index (χ4v) is 4.83. The van der Waals surface area contributed by atoms with Gasteiger partial charge in [-0.25, -0.2) is 18.8 Å². The number of hydrogen-bond donors (Lipinski definition) is 1. The second kappa shape index (κ2) is 10.9. The first-order chi connectivity index (χ1) is 20.0. The van der Waals surface area contributed by atoms with Crippen LogP contribution in [0.4, 0.5) is 18.0 Å². The quantitative estimate of drug-likeness (QED) is 0.361. The Balaban J connectivity index is 1.67. The molecule has 1 aliphatic rings. The molecule has 42 heavy (non-hydrogen) atoms. The Kier molecular flexibility index (Phi) is 7.34. The van der Waals surface area contributed by atoms with E-state index in [1.165, 1.54) is 23.0 Å². The summed E-state index contributed by atoms with van der Waals surface area (Å²) in [6, 6.07) is 13.3. The standard InChI is InChI=1S/C30H26F3N7O2/c1-19(22-12-15-37(3)16-13-22)36-28(41)39-27(26-11-14-35-40(26)24-9-7-21(18-34)8-10-24)20(2)38(29(39)42)25-6-4-5-23(17-25)30(31,32)33/h4-15,17,19H,16H2,1-3H3,(H,36,41). The molecule has 12 heteroatoms. The van der Waals surface area contributed by atoms with Crippen molar-refractivity contribution in [3.8, 4) is 28.8 Å². The molecule has 1 N–H and O–H groups in total. The van der Waals surface area contributed by atoms with Gasteiger partial charge < -0.3 is 10.2 Å². The Morgan fingerprint density at radius 1 is 1.12 bits per heavy atom. The van der Waals surface area contributed by atoms with Crippen LogP contribution in [0.25, 0.3) is 22.8 Å². The summed E-state index contributed by atoms with van der Waals surface area (Å²) in [5.74, 6) is 0. The van der Waals surface area contributed by atoms with Crippen molar-refractivity contribution in [3.05, 3.63) is 112 Å². The predicted octanol–water partition coefficient (Wildman–Crippen LogP) is 5.02. The second-order valence-corrected chi connectivity index (χ2v) is 9.85. The van der Waals surface area contributed by atoms with Crippen LogP contribution in [-0.4, -0.2) is 49.5 Å². The number of alkyl halides is 3. The minimum atomic E-state index is -4.63. The smallest absolute Gasteiger partial charge is 0.377 e. The molecule has 4 aromatic rings. The van der Waals surface area contributed by atoms with Crippen molar-refractivity contribution in [2.45, 2.75) is 26.1 Å². The highest BCUT2D eigenvalue weighted by atomic mass is 19.4. The van der Waals surface area contributed by atoms with Crippen LogP contribution < -0.4 is 11.0 Å². The van der Waals surface area contributed by atoms with Gasteiger partial charge in [-0.3, -0.25) is 4.57 Å². The van der Waals surface area contributed by atoms with E-state index in [0.29, 0.717) is 23.5 Å². The van der Waals surface area contributed by atoms with E-state index in [1.54, 1.807) is 44.2 Å². The molecule has 0 bridgehead atoms. The third kappa shape index (κ3) is 5.24. The van der Waals surface area contributed by atoms with Gasteiger partial charge >= 0.3 is 17.9 Å². The zero-order valence-corrected chi connectivity index (χ0v) is 22.9. The molecular formula is C30H26F3N7O2. The van der Waals surface area contributed by atoms with E-state index in [9.17, 15) is 28.0 Å². The number of carbonyl (C=O) groups is 1. The van der Waals surface area contributed by atoms with Crippen molar-refractivity contribution >= 4 is 6.03 Å². The van der Waals surface area contributed by atoms with Crippen molar-refractivity contribution < 1.29 is 18.0 Å². The number of nitriles is 1. The number of benzene rings is 2. The Morgan fingerprint density at radius 3 is 2.50 bits per heavy atom. The molecular weight excluding hydrogens is 547 g/mol. The topological polar surface area (TPSA) is 101 Å². The van der Waals surface area contributed by atoms with Gasteiger partial charge in [0.15, 0.2) is 0 Å². The van der Waals surface area contributed by atoms with Crippen molar-refractivity contribution in [2.24, 2.45) is 0 Å². The van der Waals surface area contributed by atoms with Gasteiger partial charge in [0.2, 0.25) is 0 Å². The summed E-state index contributed by atoms with van der Waals surface area (Å²) in [7, 11) is 1.91. The molecule has 0 spiro atoms. The van der Waals surface area contributed by atoms with Gasteiger partial charge in [0.25, 0.3) is 0 Å². The van der Waals surface area contributed by atoms with Gasteiger partial charge in [0, 0.05) is 13.6 Å². The molecule has 9 nitrogen and oxygen atoms in total. The average molecular weight is 574 g/mol. The minimum absolute atomic E-state index is 0.0430. The lowest BCUT2D eigenvalue weighted by Crippen LogP contribution is -2.42. The largest absolute Gasteiger partial charge is 0.416 e. The van der Waals surface area contributed by atoms with E-state index in [0.717, 1.165) is 26.8 Å². The average Bonchev–Trinajstić information content (AvgIpc) is 3.54. The Bertz CT molecular complexity index is 1820. The van der Waals surface area contributed by atoms with Crippen molar-refractivity contribution in [1.29, 1.82) is 5.26 Å². The van der Waals surface area contributed by atoms with Gasteiger partial charge in [-0.05, 0) is 80.2 Å². The van der Waals surface area contributed by atoms with Gasteiger partial charge in [-0.1, -0.05) is 12.1 Å². The number of nitrogens with one attached hydrogen (secondary N) is 1. The predicted molar refractivity (Wildman–Crippen MR) is 150 cm³/mol. The number of rotatable bonds is 5. The molecule has 1 amide bonds. The number of halogens is 3. The van der Waals surface area contributed by atoms with Gasteiger partial charge in [0.05, 0.1) is 52.2 Å².